The van der Waals surface area contributed by atoms with Crippen LogP contribution in [0.5, 0.6) is 5.75 Å². The van der Waals surface area contributed by atoms with Crippen molar-refractivity contribution in [1.29, 1.82) is 0 Å². The Balaban J connectivity index is 1.99. The highest BCUT2D eigenvalue weighted by Gasteiger charge is 2.41. The molecule has 21 heavy (non-hydrogen) atoms. The van der Waals surface area contributed by atoms with E-state index in [4.69, 9.17) is 16.3 Å². The minimum absolute atomic E-state index is 0.0729. The molecule has 0 fully saturated rings. The number of nitrogens with one attached hydrogen (secondary N) is 1. The van der Waals surface area contributed by atoms with Gasteiger partial charge in [-0.15, -0.1) is 0 Å². The maximum atomic E-state index is 6.25. The second kappa shape index (κ2) is 5.22. The van der Waals surface area contributed by atoms with E-state index < -0.39 is 0 Å². The minimum Gasteiger partial charge on any atom is -0.485 e. The van der Waals surface area contributed by atoms with Crippen LogP contribution in [0.15, 0.2) is 40.9 Å². The highest BCUT2D eigenvalue weighted by atomic mass is 79.9. The summed E-state index contributed by atoms with van der Waals surface area (Å²) in [5, 5.41) is 4.32. The second-order valence-corrected chi connectivity index (χ2v) is 7.16. The summed E-state index contributed by atoms with van der Waals surface area (Å²) in [5.41, 5.74) is 2.88. The number of fused-ring (bicyclic) bond motifs is 1. The van der Waals surface area contributed by atoms with Crippen molar-refractivity contribution in [2.45, 2.75) is 32.4 Å². The minimum atomic E-state index is -0.319. The van der Waals surface area contributed by atoms with Crippen molar-refractivity contribution < 1.29 is 4.74 Å². The summed E-state index contributed by atoms with van der Waals surface area (Å²) in [6.07, 6.45) is 0. The quantitative estimate of drug-likeness (QED) is 0.732. The third-order valence-corrected chi connectivity index (χ3v) is 4.91. The van der Waals surface area contributed by atoms with Crippen molar-refractivity contribution in [3.8, 4) is 5.75 Å². The molecule has 0 saturated carbocycles. The molecular formula is C17H17BrClNO. The van der Waals surface area contributed by atoms with Crippen LogP contribution in [0.1, 0.15) is 31.0 Å². The molecule has 0 radical (unpaired) electrons. The SMILES string of the molecule is Cc1cc(Br)c(NC2c3ccccc3OC2(C)C)cc1Cl. The number of para-hydroxylation sites is 1. The summed E-state index contributed by atoms with van der Waals surface area (Å²) in [4.78, 5) is 0. The first kappa shape index (κ1) is 14.7. The normalized spacial score (nSPS) is 19.0. The third kappa shape index (κ3) is 2.65. The molecule has 1 aliphatic rings. The van der Waals surface area contributed by atoms with E-state index in [2.05, 4.69) is 41.2 Å². The van der Waals surface area contributed by atoms with Crippen molar-refractivity contribution in [2.75, 3.05) is 5.32 Å². The lowest BCUT2D eigenvalue weighted by atomic mass is 9.94. The van der Waals surface area contributed by atoms with Gasteiger partial charge in [0.1, 0.15) is 11.4 Å². The number of benzene rings is 2. The first-order chi connectivity index (χ1) is 9.88. The van der Waals surface area contributed by atoms with Crippen molar-refractivity contribution in [1.82, 2.24) is 0 Å². The Morgan fingerprint density at radius 2 is 1.95 bits per heavy atom. The Morgan fingerprint density at radius 3 is 2.71 bits per heavy atom. The first-order valence-electron chi connectivity index (χ1n) is 6.88. The largest absolute Gasteiger partial charge is 0.485 e. The smallest absolute Gasteiger partial charge is 0.128 e. The number of hydrogen-bond acceptors (Lipinski definition) is 2. The predicted octanol–water partition coefficient (Wildman–Crippen LogP) is 5.74. The van der Waals surface area contributed by atoms with Crippen LogP contribution in [-0.2, 0) is 0 Å². The van der Waals surface area contributed by atoms with E-state index in [1.165, 1.54) is 5.56 Å². The summed E-state index contributed by atoms with van der Waals surface area (Å²) in [7, 11) is 0. The molecular weight excluding hydrogens is 350 g/mol. The van der Waals surface area contributed by atoms with Crippen molar-refractivity contribution in [3.63, 3.8) is 0 Å². The molecule has 2 aromatic rings. The van der Waals surface area contributed by atoms with Crippen LogP contribution in [0.25, 0.3) is 0 Å². The maximum absolute atomic E-state index is 6.25. The molecule has 2 aromatic carbocycles. The average Bonchev–Trinajstić information content (AvgIpc) is 2.67. The monoisotopic (exact) mass is 365 g/mol. The Morgan fingerprint density at radius 1 is 1.24 bits per heavy atom. The number of ether oxygens (including phenoxy) is 1. The lowest BCUT2D eigenvalue weighted by Crippen LogP contribution is -2.34. The standard InChI is InChI=1S/C17H17BrClNO/c1-10-8-12(18)14(9-13(10)19)20-16-11-6-4-5-7-15(11)21-17(16,2)3/h4-9,16,20H,1-3H3. The highest BCUT2D eigenvalue weighted by Crippen LogP contribution is 2.45. The number of rotatable bonds is 2. The molecule has 0 aromatic heterocycles. The first-order valence-corrected chi connectivity index (χ1v) is 8.06. The molecule has 2 nitrogen and oxygen atoms in total. The van der Waals surface area contributed by atoms with E-state index in [1.807, 2.05) is 37.3 Å². The van der Waals surface area contributed by atoms with Crippen LogP contribution in [0, 0.1) is 6.92 Å². The predicted molar refractivity (Wildman–Crippen MR) is 91.4 cm³/mol. The van der Waals surface area contributed by atoms with Gasteiger partial charge in [0.05, 0.1) is 11.7 Å². The summed E-state index contributed by atoms with van der Waals surface area (Å²) in [6, 6.07) is 12.2. The summed E-state index contributed by atoms with van der Waals surface area (Å²) in [5.74, 6) is 0.939. The van der Waals surface area contributed by atoms with Gasteiger partial charge in [-0.3, -0.25) is 0 Å². The van der Waals surface area contributed by atoms with E-state index in [1.54, 1.807) is 0 Å². The molecule has 1 N–H and O–H groups in total. The molecule has 1 atom stereocenters. The maximum Gasteiger partial charge on any atom is 0.128 e. The third-order valence-electron chi connectivity index (χ3n) is 3.85. The van der Waals surface area contributed by atoms with Gasteiger partial charge in [-0.25, -0.2) is 0 Å². The van der Waals surface area contributed by atoms with E-state index in [0.29, 0.717) is 0 Å². The van der Waals surface area contributed by atoms with Gasteiger partial charge in [0, 0.05) is 15.1 Å². The number of hydrogen-bond donors (Lipinski definition) is 1. The lowest BCUT2D eigenvalue weighted by Gasteiger charge is -2.28. The second-order valence-electron chi connectivity index (χ2n) is 5.90. The van der Waals surface area contributed by atoms with E-state index in [9.17, 15) is 0 Å². The summed E-state index contributed by atoms with van der Waals surface area (Å²) in [6.45, 7) is 6.18. The topological polar surface area (TPSA) is 21.3 Å². The van der Waals surface area contributed by atoms with E-state index >= 15 is 0 Å². The summed E-state index contributed by atoms with van der Waals surface area (Å²) >= 11 is 9.85. The van der Waals surface area contributed by atoms with Gasteiger partial charge in [-0.1, -0.05) is 29.8 Å². The molecule has 0 saturated heterocycles. The Hall–Kier alpha value is -1.19. The lowest BCUT2D eigenvalue weighted by molar-refractivity contribution is 0.118. The zero-order chi connectivity index (χ0) is 15.2. The van der Waals surface area contributed by atoms with Crippen molar-refractivity contribution >= 4 is 33.2 Å². The van der Waals surface area contributed by atoms with Gasteiger partial charge in [0.2, 0.25) is 0 Å². The zero-order valence-electron chi connectivity index (χ0n) is 12.2. The fourth-order valence-corrected chi connectivity index (χ4v) is 3.43. The molecule has 4 heteroatoms. The van der Waals surface area contributed by atoms with E-state index in [0.717, 1.165) is 26.5 Å². The zero-order valence-corrected chi connectivity index (χ0v) is 14.5. The van der Waals surface area contributed by atoms with Crippen LogP contribution in [0.2, 0.25) is 5.02 Å². The Labute approximate surface area is 138 Å². The van der Waals surface area contributed by atoms with Crippen LogP contribution >= 0.6 is 27.5 Å². The van der Waals surface area contributed by atoms with Gasteiger partial charge < -0.3 is 10.1 Å². The molecule has 1 unspecified atom stereocenters. The molecule has 1 aliphatic heterocycles. The fourth-order valence-electron chi connectivity index (χ4n) is 2.69. The van der Waals surface area contributed by atoms with Crippen LogP contribution in [0.3, 0.4) is 0 Å². The van der Waals surface area contributed by atoms with Gasteiger partial charge in [0.15, 0.2) is 0 Å². The van der Waals surface area contributed by atoms with E-state index in [-0.39, 0.29) is 11.6 Å². The molecule has 1 heterocycles. The molecule has 0 aliphatic carbocycles. The molecule has 3 rings (SSSR count). The van der Waals surface area contributed by atoms with Crippen LogP contribution in [0.4, 0.5) is 5.69 Å². The molecule has 110 valence electrons. The molecule has 0 amide bonds. The van der Waals surface area contributed by atoms with Gasteiger partial charge >= 0.3 is 0 Å². The van der Waals surface area contributed by atoms with Gasteiger partial charge in [0.25, 0.3) is 0 Å². The Kier molecular flexibility index (Phi) is 3.66. The van der Waals surface area contributed by atoms with Crippen molar-refractivity contribution in [2.24, 2.45) is 0 Å². The van der Waals surface area contributed by atoms with Crippen molar-refractivity contribution in [3.05, 3.63) is 57.0 Å². The number of halogens is 2. The van der Waals surface area contributed by atoms with Crippen LogP contribution in [-0.4, -0.2) is 5.60 Å². The number of anilines is 1. The van der Waals surface area contributed by atoms with Gasteiger partial charge in [-0.2, -0.15) is 0 Å². The molecule has 0 bridgehead atoms. The molecule has 0 spiro atoms. The number of aryl methyl sites for hydroxylation is 1. The highest BCUT2D eigenvalue weighted by molar-refractivity contribution is 9.10. The average molecular weight is 367 g/mol. The Bertz CT molecular complexity index is 699. The van der Waals surface area contributed by atoms with Gasteiger partial charge in [-0.05, 0) is 60.5 Å². The summed E-state index contributed by atoms with van der Waals surface area (Å²) < 4.78 is 7.07. The fraction of sp³-hybridized carbons (Fsp3) is 0.294. The van der Waals surface area contributed by atoms with Crippen LogP contribution < -0.4 is 10.1 Å².